The van der Waals surface area contributed by atoms with Crippen molar-refractivity contribution in [2.45, 2.75) is 238 Å². The van der Waals surface area contributed by atoms with Crippen LogP contribution in [0.1, 0.15) is 241 Å². The Morgan fingerprint density at radius 3 is 1.14 bits per heavy atom. The summed E-state index contributed by atoms with van der Waals surface area (Å²) in [6.45, 7) is 26.0. The highest BCUT2D eigenvalue weighted by Gasteiger charge is 2.58. The zero-order valence-corrected chi connectivity index (χ0v) is 52.9. The Labute approximate surface area is 499 Å². The number of benzene rings is 3. The van der Waals surface area contributed by atoms with Gasteiger partial charge in [0.05, 0.1) is 43.3 Å². The summed E-state index contributed by atoms with van der Waals surface area (Å²) in [5, 5.41) is 33.5. The molecule has 0 spiro atoms. The number of carboxylic acid groups (broad SMARTS) is 3. The maximum absolute atomic E-state index is 13.6. The Morgan fingerprint density at radius 2 is 0.833 bits per heavy atom. The molecule has 0 bridgehead atoms. The molecule has 0 radical (unpaired) electrons. The number of ether oxygens (including phenoxy) is 2. The maximum Gasteiger partial charge on any atom is 0.328 e. The van der Waals surface area contributed by atoms with E-state index in [1.54, 1.807) is 0 Å². The van der Waals surface area contributed by atoms with Gasteiger partial charge in [-0.05, 0) is 186 Å². The molecule has 14 heteroatoms. The SMILES string of the molecule is CC(C)c1ccc2c(c1)CC[C@H]1[C@](C)(C(=O)N[C@@H](CC(=O)O)C(=O)O)CCC[C@]21C.CC(C)c1ccc2c(c1)CC[C@H]1[C@](C)(C(=O)O)CCC[C@]21C.COC(=O)C[C@H](NC(=O)[C@]1(C)CCC[C@]2(C)c3ccc(C(C)C)cc3CC[C@@H]12)C(=O)OC. The Bertz CT molecular complexity index is 2980. The van der Waals surface area contributed by atoms with Crippen LogP contribution in [0.2, 0.25) is 0 Å². The van der Waals surface area contributed by atoms with E-state index in [9.17, 15) is 43.8 Å². The van der Waals surface area contributed by atoms with Crippen molar-refractivity contribution in [3.8, 4) is 0 Å². The van der Waals surface area contributed by atoms with Crippen LogP contribution in [-0.2, 0) is 78.5 Å². The Morgan fingerprint density at radius 1 is 0.488 bits per heavy atom. The van der Waals surface area contributed by atoms with E-state index >= 15 is 0 Å². The first-order valence-electron chi connectivity index (χ1n) is 31.2. The van der Waals surface area contributed by atoms with E-state index in [0.29, 0.717) is 24.2 Å². The van der Waals surface area contributed by atoms with Crippen molar-refractivity contribution in [3.63, 3.8) is 0 Å². The molecule has 3 saturated carbocycles. The second-order valence-corrected chi connectivity index (χ2v) is 28.1. The number of hydrogen-bond acceptors (Lipinski definition) is 9. The molecule has 6 aliphatic rings. The van der Waals surface area contributed by atoms with Gasteiger partial charge in [0.15, 0.2) is 0 Å². The van der Waals surface area contributed by atoms with Crippen molar-refractivity contribution in [1.29, 1.82) is 0 Å². The summed E-state index contributed by atoms with van der Waals surface area (Å²) in [4.78, 5) is 85.4. The van der Waals surface area contributed by atoms with Gasteiger partial charge in [-0.1, -0.05) is 150 Å². The van der Waals surface area contributed by atoms with Gasteiger partial charge in [0.25, 0.3) is 0 Å². The van der Waals surface area contributed by atoms with Crippen molar-refractivity contribution in [2.75, 3.05) is 14.2 Å². The van der Waals surface area contributed by atoms with E-state index in [0.717, 1.165) is 89.9 Å². The van der Waals surface area contributed by atoms with Crippen molar-refractivity contribution >= 4 is 41.7 Å². The average Bonchev–Trinajstić information content (AvgIpc) is 0.868. The standard InChI is InChI=1S/C26H37NO5.C24H33NO5.C20H28O2/c1-16(2)17-8-10-19-18(14-17)9-11-21-25(19,3)12-7-13-26(21,4)24(30)27-20(23(29)32-6)15-22(28)31-5;1-14(2)15-6-8-17-16(12-15)7-9-19-23(17,3)10-5-11-24(19,4)22(30)25-18(21(28)29)13-20(26)27;1-13(2)14-6-8-16-15(12-14)7-9-17-19(16,3)10-5-11-20(17,4)18(21)22/h8,10,14,16,20-21H,7,9,11-13,15H2,1-6H3,(H,27,30);6,8,12,14,18-19H,5,7,9-11,13H2,1-4H3,(H,25,30)(H,26,27)(H,28,29);6,8,12-13,17H,5,7,9-11H2,1-4H3,(H,21,22)/t20-,21+,25+,26+;18-,19+,23+,24+;17-,19-,20-/m001/s1. The predicted molar refractivity (Wildman–Crippen MR) is 325 cm³/mol. The number of methoxy groups -OCH3 is 2. The number of carbonyl (C=O) groups is 7. The van der Waals surface area contributed by atoms with E-state index in [1.807, 2.05) is 20.8 Å². The van der Waals surface area contributed by atoms with Crippen molar-refractivity contribution in [2.24, 2.45) is 34.0 Å². The van der Waals surface area contributed by atoms with Crippen LogP contribution in [-0.4, -0.2) is 83.3 Å². The van der Waals surface area contributed by atoms with Crippen LogP contribution in [0.15, 0.2) is 54.6 Å². The lowest BCUT2D eigenvalue weighted by atomic mass is 9.49. The van der Waals surface area contributed by atoms with Crippen LogP contribution in [0.4, 0.5) is 0 Å². The molecule has 84 heavy (non-hydrogen) atoms. The van der Waals surface area contributed by atoms with E-state index < -0.39 is 64.6 Å². The number of fused-ring (bicyclic) bond motifs is 9. The van der Waals surface area contributed by atoms with E-state index in [1.165, 1.54) is 64.3 Å². The van der Waals surface area contributed by atoms with Gasteiger partial charge in [0.2, 0.25) is 11.8 Å². The van der Waals surface area contributed by atoms with Crippen LogP contribution in [0.25, 0.3) is 0 Å². The third-order valence-corrected chi connectivity index (χ3v) is 22.0. The van der Waals surface area contributed by atoms with Crippen LogP contribution in [0.5, 0.6) is 0 Å². The van der Waals surface area contributed by atoms with Crippen molar-refractivity contribution in [1.82, 2.24) is 10.6 Å². The fourth-order valence-electron chi connectivity index (χ4n) is 17.0. The molecule has 11 atom stereocenters. The minimum atomic E-state index is -1.41. The maximum atomic E-state index is 13.6. The molecule has 0 unspecified atom stereocenters. The summed E-state index contributed by atoms with van der Waals surface area (Å²) in [6.07, 6.45) is 13.0. The van der Waals surface area contributed by atoms with Crippen molar-refractivity contribution in [3.05, 3.63) is 105 Å². The van der Waals surface area contributed by atoms with Gasteiger partial charge in [-0.2, -0.15) is 0 Å². The highest BCUT2D eigenvalue weighted by atomic mass is 16.5. The van der Waals surface area contributed by atoms with Crippen LogP contribution >= 0.6 is 0 Å². The van der Waals surface area contributed by atoms with E-state index in [-0.39, 0.29) is 52.2 Å². The van der Waals surface area contributed by atoms with Gasteiger partial charge in [-0.15, -0.1) is 0 Å². The molecule has 0 aliphatic heterocycles. The molecule has 3 aromatic rings. The zero-order chi connectivity index (χ0) is 62.1. The fourth-order valence-corrected chi connectivity index (χ4v) is 17.0. The minimum Gasteiger partial charge on any atom is -0.481 e. The molecule has 14 nitrogen and oxygen atoms in total. The first-order valence-corrected chi connectivity index (χ1v) is 31.2. The Kier molecular flexibility index (Phi) is 19.9. The van der Waals surface area contributed by atoms with Crippen LogP contribution in [0.3, 0.4) is 0 Å². The van der Waals surface area contributed by atoms with E-state index in [2.05, 4.69) is 128 Å². The summed E-state index contributed by atoms with van der Waals surface area (Å²) in [5.41, 5.74) is 10.2. The molecule has 6 aliphatic carbocycles. The number of aryl methyl sites for hydroxylation is 3. The minimum absolute atomic E-state index is 0.0223. The van der Waals surface area contributed by atoms with Gasteiger partial charge in [-0.25, -0.2) is 9.59 Å². The first-order chi connectivity index (χ1) is 39.3. The second kappa shape index (κ2) is 25.5. The summed E-state index contributed by atoms with van der Waals surface area (Å²) >= 11 is 0. The summed E-state index contributed by atoms with van der Waals surface area (Å²) in [5.74, 6) is -2.91. The van der Waals surface area contributed by atoms with Gasteiger partial charge in [0.1, 0.15) is 12.1 Å². The molecule has 0 heterocycles. The fraction of sp³-hybridized carbons (Fsp3) is 0.643. The number of esters is 2. The number of rotatable bonds is 14. The number of carboxylic acids is 3. The largest absolute Gasteiger partial charge is 0.481 e. The van der Waals surface area contributed by atoms with Gasteiger partial charge in [-0.3, -0.25) is 24.0 Å². The van der Waals surface area contributed by atoms with Gasteiger partial charge in [0, 0.05) is 0 Å². The summed E-state index contributed by atoms with van der Waals surface area (Å²) < 4.78 is 9.52. The second-order valence-electron chi connectivity index (χ2n) is 28.1. The number of hydrogen-bond donors (Lipinski definition) is 5. The number of amides is 2. The normalized spacial score (nSPS) is 29.8. The molecule has 3 aromatic carbocycles. The van der Waals surface area contributed by atoms with Gasteiger partial charge >= 0.3 is 29.8 Å². The summed E-state index contributed by atoms with van der Waals surface area (Å²) in [6, 6.07) is 18.0. The molecule has 5 N–H and O–H groups in total. The molecule has 9 rings (SSSR count). The monoisotopic (exact) mass is 1160 g/mol. The molecule has 460 valence electrons. The average molecular weight is 1160 g/mol. The third-order valence-electron chi connectivity index (χ3n) is 22.0. The highest BCUT2D eigenvalue weighted by Crippen LogP contribution is 2.60. The predicted octanol–water partition coefficient (Wildman–Crippen LogP) is 12.8. The quantitative estimate of drug-likeness (QED) is 0.0951. The lowest BCUT2D eigenvalue weighted by Crippen LogP contribution is -2.57. The smallest absolute Gasteiger partial charge is 0.328 e. The number of aliphatic carboxylic acids is 3. The Balaban J connectivity index is 0.000000184. The van der Waals surface area contributed by atoms with E-state index in [4.69, 9.17) is 14.6 Å². The molecule has 2 amide bonds. The summed E-state index contributed by atoms with van der Waals surface area (Å²) in [7, 11) is 2.51. The molecule has 0 saturated heterocycles. The molecule has 3 fully saturated rings. The Hall–Kier alpha value is -6.05. The lowest BCUT2D eigenvalue weighted by molar-refractivity contribution is -0.157. The van der Waals surface area contributed by atoms with Gasteiger partial charge < -0.3 is 35.4 Å². The molecule has 0 aromatic heterocycles. The molecular formula is C70H98N2O12. The third kappa shape index (κ3) is 12.6. The topological polar surface area (TPSA) is 223 Å². The number of nitrogens with one attached hydrogen (secondary N) is 2. The number of carbonyl (C=O) groups excluding carboxylic acids is 4. The molecular weight excluding hydrogens is 1060 g/mol. The van der Waals surface area contributed by atoms with Crippen molar-refractivity contribution < 1.29 is 58.4 Å². The lowest BCUT2D eigenvalue weighted by Gasteiger charge is -2.54. The highest BCUT2D eigenvalue weighted by molar-refractivity contribution is 5.91. The van der Waals surface area contributed by atoms with Crippen LogP contribution < -0.4 is 10.6 Å². The zero-order valence-electron chi connectivity index (χ0n) is 52.9. The first kappa shape index (κ1) is 65.5. The van der Waals surface area contributed by atoms with Crippen LogP contribution in [0, 0.1) is 34.0 Å².